The SMILES string of the molecule is Cc1ccc2c(oc3nc4nccnc4n32)c1-c1ccc(-c2c(-c3ccccc3)c(-c3ccccc3)c(-c3ccccc3)c(-c3ccccc3)c2-c2ccccc2)cc1. The summed E-state index contributed by atoms with van der Waals surface area (Å²) in [5, 5.41) is 0. The number of rotatable bonds is 7. The summed E-state index contributed by atoms with van der Waals surface area (Å²) in [7, 11) is 0. The van der Waals surface area contributed by atoms with Crippen LogP contribution in [0, 0.1) is 6.92 Å². The Morgan fingerprint density at radius 2 is 0.729 bits per heavy atom. The van der Waals surface area contributed by atoms with Crippen LogP contribution in [0.4, 0.5) is 0 Å². The molecule has 0 aliphatic heterocycles. The summed E-state index contributed by atoms with van der Waals surface area (Å²) < 4.78 is 8.49. The average molecular weight is 757 g/mol. The second-order valence-corrected chi connectivity index (χ2v) is 14.8. The molecule has 0 amide bonds. The zero-order chi connectivity index (χ0) is 39.3. The Kier molecular flexibility index (Phi) is 8.30. The highest BCUT2D eigenvalue weighted by Crippen LogP contribution is 2.56. The first kappa shape index (κ1) is 34.4. The van der Waals surface area contributed by atoms with Gasteiger partial charge in [-0.15, -0.1) is 0 Å². The molecule has 0 saturated carbocycles. The third-order valence-corrected chi connectivity index (χ3v) is 11.3. The van der Waals surface area contributed by atoms with Crippen LogP contribution in [-0.4, -0.2) is 19.4 Å². The quantitative estimate of drug-likeness (QED) is 0.162. The van der Waals surface area contributed by atoms with Crippen molar-refractivity contribution in [1.82, 2.24) is 19.4 Å². The van der Waals surface area contributed by atoms with Crippen molar-refractivity contribution >= 4 is 28.2 Å². The van der Waals surface area contributed by atoms with Gasteiger partial charge in [0.1, 0.15) is 0 Å². The molecule has 5 nitrogen and oxygen atoms in total. The Morgan fingerprint density at radius 3 is 1.14 bits per heavy atom. The highest BCUT2D eigenvalue weighted by atomic mass is 16.4. The lowest BCUT2D eigenvalue weighted by molar-refractivity contribution is 0.643. The summed E-state index contributed by atoms with van der Waals surface area (Å²) >= 11 is 0. The second-order valence-electron chi connectivity index (χ2n) is 14.8. The molecule has 278 valence electrons. The van der Waals surface area contributed by atoms with Gasteiger partial charge in [-0.05, 0) is 90.9 Å². The minimum atomic E-state index is 0.477. The third kappa shape index (κ3) is 5.74. The van der Waals surface area contributed by atoms with Crippen molar-refractivity contribution in [2.45, 2.75) is 6.92 Å². The van der Waals surface area contributed by atoms with E-state index < -0.39 is 0 Å². The van der Waals surface area contributed by atoms with Crippen LogP contribution in [0.3, 0.4) is 0 Å². The maximum atomic E-state index is 6.53. The molecule has 0 aliphatic carbocycles. The van der Waals surface area contributed by atoms with Crippen molar-refractivity contribution in [3.8, 4) is 77.9 Å². The van der Waals surface area contributed by atoms with Crippen LogP contribution < -0.4 is 0 Å². The van der Waals surface area contributed by atoms with Gasteiger partial charge in [-0.2, -0.15) is 4.98 Å². The summed E-state index contributed by atoms with van der Waals surface area (Å²) in [5.41, 5.74) is 20.1. The van der Waals surface area contributed by atoms with Gasteiger partial charge in [0, 0.05) is 18.0 Å². The molecule has 3 aromatic heterocycles. The van der Waals surface area contributed by atoms with Gasteiger partial charge in [0.2, 0.25) is 5.65 Å². The number of benzene rings is 8. The number of fused-ring (bicyclic) bond motifs is 5. The largest absolute Gasteiger partial charge is 0.422 e. The molecule has 0 saturated heterocycles. The predicted molar refractivity (Wildman–Crippen MR) is 241 cm³/mol. The zero-order valence-corrected chi connectivity index (χ0v) is 32.2. The first-order valence-electron chi connectivity index (χ1n) is 19.9. The molecule has 11 rings (SSSR count). The number of hydrogen-bond donors (Lipinski definition) is 0. The number of nitrogens with zero attached hydrogens (tertiary/aromatic N) is 4. The summed E-state index contributed by atoms with van der Waals surface area (Å²) in [6.07, 6.45) is 3.34. The van der Waals surface area contributed by atoms with E-state index in [1.807, 2.05) is 4.40 Å². The van der Waals surface area contributed by atoms with Gasteiger partial charge in [0.05, 0.1) is 5.52 Å². The van der Waals surface area contributed by atoms with Gasteiger partial charge in [0.15, 0.2) is 11.2 Å². The fourth-order valence-corrected chi connectivity index (χ4v) is 8.79. The van der Waals surface area contributed by atoms with Crippen molar-refractivity contribution < 1.29 is 4.42 Å². The van der Waals surface area contributed by atoms with Crippen LogP contribution in [0.15, 0.2) is 205 Å². The lowest BCUT2D eigenvalue weighted by Crippen LogP contribution is -2.02. The van der Waals surface area contributed by atoms with Gasteiger partial charge in [-0.25, -0.2) is 14.4 Å². The number of oxazole rings is 1. The number of aryl methyl sites for hydroxylation is 1. The molecule has 5 heteroatoms. The van der Waals surface area contributed by atoms with Gasteiger partial charge in [0.25, 0.3) is 0 Å². The molecule has 0 spiro atoms. The zero-order valence-electron chi connectivity index (χ0n) is 32.2. The Labute approximate surface area is 341 Å². The topological polar surface area (TPSA) is 56.2 Å². The molecule has 8 aromatic carbocycles. The first-order chi connectivity index (χ1) is 29.2. The Morgan fingerprint density at radius 1 is 0.373 bits per heavy atom. The molecule has 3 heterocycles. The lowest BCUT2D eigenvalue weighted by Gasteiger charge is -2.29. The number of hydrogen-bond acceptors (Lipinski definition) is 4. The minimum Gasteiger partial charge on any atom is -0.422 e. The summed E-state index contributed by atoms with van der Waals surface area (Å²) in [6, 6.07) is 67.6. The fraction of sp³-hybridized carbons (Fsp3) is 0.0185. The minimum absolute atomic E-state index is 0.477. The molecule has 0 unspecified atom stereocenters. The van der Waals surface area contributed by atoms with E-state index in [0.717, 1.165) is 61.2 Å². The molecular weight excluding hydrogens is 721 g/mol. The summed E-state index contributed by atoms with van der Waals surface area (Å²) in [6.45, 7) is 2.13. The van der Waals surface area contributed by atoms with E-state index in [-0.39, 0.29) is 0 Å². The van der Waals surface area contributed by atoms with E-state index >= 15 is 0 Å². The molecule has 11 aromatic rings. The van der Waals surface area contributed by atoms with Crippen molar-refractivity contribution in [3.63, 3.8) is 0 Å². The molecule has 0 fully saturated rings. The normalized spacial score (nSPS) is 11.5. The maximum Gasteiger partial charge on any atom is 0.310 e. The van der Waals surface area contributed by atoms with Crippen molar-refractivity contribution in [1.29, 1.82) is 0 Å². The molecule has 0 N–H and O–H groups in total. The van der Waals surface area contributed by atoms with Crippen molar-refractivity contribution in [2.75, 3.05) is 0 Å². The van der Waals surface area contributed by atoms with Gasteiger partial charge < -0.3 is 4.42 Å². The van der Waals surface area contributed by atoms with E-state index in [1.54, 1.807) is 12.4 Å². The molecule has 0 atom stereocenters. The maximum absolute atomic E-state index is 6.53. The Hall–Kier alpha value is -7.89. The molecule has 0 bridgehead atoms. The van der Waals surface area contributed by atoms with E-state index in [4.69, 9.17) is 4.42 Å². The highest BCUT2D eigenvalue weighted by Gasteiger charge is 2.29. The molecule has 59 heavy (non-hydrogen) atoms. The van der Waals surface area contributed by atoms with Crippen LogP contribution in [0.2, 0.25) is 0 Å². The van der Waals surface area contributed by atoms with Crippen LogP contribution in [0.5, 0.6) is 0 Å². The van der Waals surface area contributed by atoms with E-state index in [0.29, 0.717) is 17.1 Å². The van der Waals surface area contributed by atoms with Crippen LogP contribution >= 0.6 is 0 Å². The molecule has 0 aliphatic rings. The van der Waals surface area contributed by atoms with Crippen LogP contribution in [0.25, 0.3) is 106 Å². The van der Waals surface area contributed by atoms with Crippen LogP contribution in [-0.2, 0) is 0 Å². The average Bonchev–Trinajstić information content (AvgIpc) is 3.86. The van der Waals surface area contributed by atoms with Gasteiger partial charge in [-0.1, -0.05) is 182 Å². The second kappa shape index (κ2) is 14.2. The van der Waals surface area contributed by atoms with E-state index in [9.17, 15) is 0 Å². The van der Waals surface area contributed by atoms with Gasteiger partial charge >= 0.3 is 5.84 Å². The number of imidazole rings is 1. The Balaban J connectivity index is 1.26. The smallest absolute Gasteiger partial charge is 0.310 e. The third-order valence-electron chi connectivity index (χ3n) is 11.3. The van der Waals surface area contributed by atoms with Crippen molar-refractivity contribution in [3.05, 3.63) is 206 Å². The van der Waals surface area contributed by atoms with Crippen molar-refractivity contribution in [2.24, 2.45) is 0 Å². The predicted octanol–water partition coefficient (Wildman–Crippen LogP) is 14.0. The monoisotopic (exact) mass is 756 g/mol. The number of aromatic nitrogens is 4. The highest BCUT2D eigenvalue weighted by molar-refractivity contribution is 6.15. The van der Waals surface area contributed by atoms with E-state index in [2.05, 4.69) is 210 Å². The molecule has 0 radical (unpaired) electrons. The lowest BCUT2D eigenvalue weighted by atomic mass is 9.74. The summed E-state index contributed by atoms with van der Waals surface area (Å²) in [4.78, 5) is 13.7. The first-order valence-corrected chi connectivity index (χ1v) is 19.9. The van der Waals surface area contributed by atoms with Crippen LogP contribution in [0.1, 0.15) is 5.56 Å². The summed E-state index contributed by atoms with van der Waals surface area (Å²) in [5.74, 6) is 0.477. The van der Waals surface area contributed by atoms with Gasteiger partial charge in [-0.3, -0.25) is 0 Å². The molecular formula is C54H36N4O. The standard InChI is InChI=1S/C54H36N4O/c1-35-27-32-43-51(59-54-57-52-53(58(43)54)56-34-33-55-52)44(35)41-28-30-42(31-29-41)50-48(39-23-13-5-14-24-39)46(37-19-9-3-10-20-37)45(36-17-7-2-8-18-36)47(38-21-11-4-12-22-38)49(50)40-25-15-6-16-26-40/h2-34H,1H3. The Bertz CT molecular complexity index is 3180. The van der Waals surface area contributed by atoms with E-state index in [1.165, 1.54) is 33.4 Å². The fourth-order valence-electron chi connectivity index (χ4n) is 8.79.